The molecule has 1 heterocycles. The summed E-state index contributed by atoms with van der Waals surface area (Å²) in [6.07, 6.45) is 4.63. The van der Waals surface area contributed by atoms with Crippen molar-refractivity contribution in [3.05, 3.63) is 21.4 Å². The van der Waals surface area contributed by atoms with Crippen LogP contribution in [0.5, 0.6) is 0 Å². The van der Waals surface area contributed by atoms with Gasteiger partial charge in [-0.2, -0.15) is 0 Å². The SMILES string of the molecule is Cc1cc(C(Br)C2C3C4CCC(C4)C32)c(C)s1. The van der Waals surface area contributed by atoms with Gasteiger partial charge in [-0.05, 0) is 74.3 Å². The number of thiophene rings is 1. The van der Waals surface area contributed by atoms with Crippen LogP contribution in [0.4, 0.5) is 0 Å². The fourth-order valence-electron chi connectivity index (χ4n) is 4.92. The van der Waals surface area contributed by atoms with E-state index >= 15 is 0 Å². The zero-order valence-corrected chi connectivity index (χ0v) is 12.9. The van der Waals surface area contributed by atoms with Crippen LogP contribution < -0.4 is 0 Å². The van der Waals surface area contributed by atoms with E-state index in [4.69, 9.17) is 0 Å². The Balaban J connectivity index is 1.59. The maximum Gasteiger partial charge on any atom is 0.0440 e. The molecule has 0 radical (unpaired) electrons. The highest BCUT2D eigenvalue weighted by Crippen LogP contribution is 2.73. The molecule has 4 rings (SSSR count). The fourth-order valence-corrected chi connectivity index (χ4v) is 7.22. The molecule has 0 spiro atoms. The Kier molecular flexibility index (Phi) is 2.34. The van der Waals surface area contributed by atoms with Crippen molar-refractivity contribution in [1.82, 2.24) is 0 Å². The predicted octanol–water partition coefficient (Wildman–Crippen LogP) is 5.09. The van der Waals surface area contributed by atoms with Gasteiger partial charge in [0.15, 0.2) is 0 Å². The van der Waals surface area contributed by atoms with Gasteiger partial charge in [-0.15, -0.1) is 11.3 Å². The van der Waals surface area contributed by atoms with E-state index in [-0.39, 0.29) is 0 Å². The minimum atomic E-state index is 0.644. The highest BCUT2D eigenvalue weighted by molar-refractivity contribution is 9.09. The van der Waals surface area contributed by atoms with Crippen molar-refractivity contribution >= 4 is 27.3 Å². The van der Waals surface area contributed by atoms with Gasteiger partial charge in [0.1, 0.15) is 0 Å². The molecular weight excluding hydrogens is 292 g/mol. The Bertz CT molecular complexity index is 447. The van der Waals surface area contributed by atoms with E-state index in [0.717, 1.165) is 29.6 Å². The molecular formula is C15H19BrS. The first kappa shape index (κ1) is 11.0. The minimum Gasteiger partial charge on any atom is -0.146 e. The molecule has 3 saturated carbocycles. The first-order chi connectivity index (χ1) is 8.16. The van der Waals surface area contributed by atoms with E-state index < -0.39 is 0 Å². The average molecular weight is 311 g/mol. The van der Waals surface area contributed by atoms with E-state index in [0.29, 0.717) is 4.83 Å². The summed E-state index contributed by atoms with van der Waals surface area (Å²) >= 11 is 5.98. The second-order valence-corrected chi connectivity index (χ2v) is 8.78. The normalized spacial score (nSPS) is 43.8. The Morgan fingerprint density at radius 3 is 2.41 bits per heavy atom. The summed E-state index contributed by atoms with van der Waals surface area (Å²) in [7, 11) is 0. The van der Waals surface area contributed by atoms with E-state index in [2.05, 4.69) is 35.8 Å². The molecule has 5 atom stereocenters. The van der Waals surface area contributed by atoms with Crippen molar-refractivity contribution in [2.24, 2.45) is 29.6 Å². The Labute approximate surface area is 116 Å². The smallest absolute Gasteiger partial charge is 0.0440 e. The monoisotopic (exact) mass is 310 g/mol. The van der Waals surface area contributed by atoms with E-state index in [1.54, 1.807) is 12.0 Å². The molecule has 0 amide bonds. The Hall–Kier alpha value is 0.180. The molecule has 3 aliphatic rings. The summed E-state index contributed by atoms with van der Waals surface area (Å²) in [5.74, 6) is 5.31. The predicted molar refractivity (Wildman–Crippen MR) is 76.8 cm³/mol. The third-order valence-electron chi connectivity index (χ3n) is 5.51. The van der Waals surface area contributed by atoms with Crippen LogP contribution in [-0.4, -0.2) is 0 Å². The number of hydrogen-bond donors (Lipinski definition) is 0. The van der Waals surface area contributed by atoms with Crippen molar-refractivity contribution < 1.29 is 0 Å². The summed E-state index contributed by atoms with van der Waals surface area (Å²) in [5.41, 5.74) is 1.59. The fraction of sp³-hybridized carbons (Fsp3) is 0.733. The number of fused-ring (bicyclic) bond motifs is 5. The zero-order chi connectivity index (χ0) is 11.7. The van der Waals surface area contributed by atoms with Gasteiger partial charge in [-0.25, -0.2) is 0 Å². The van der Waals surface area contributed by atoms with Crippen LogP contribution in [0, 0.1) is 43.4 Å². The van der Waals surface area contributed by atoms with E-state index in [1.807, 2.05) is 11.3 Å². The Morgan fingerprint density at radius 2 is 1.88 bits per heavy atom. The first-order valence-corrected chi connectivity index (χ1v) is 8.61. The maximum atomic E-state index is 4.02. The lowest BCUT2D eigenvalue weighted by Crippen LogP contribution is -2.03. The zero-order valence-electron chi connectivity index (χ0n) is 10.4. The lowest BCUT2D eigenvalue weighted by atomic mass is 9.97. The molecule has 3 fully saturated rings. The molecule has 0 aromatic carbocycles. The molecule has 1 aromatic rings. The number of hydrogen-bond acceptors (Lipinski definition) is 1. The molecule has 5 unspecified atom stereocenters. The molecule has 17 heavy (non-hydrogen) atoms. The summed E-state index contributed by atoms with van der Waals surface area (Å²) in [6.45, 7) is 4.52. The van der Waals surface area contributed by atoms with Gasteiger partial charge < -0.3 is 0 Å². The van der Waals surface area contributed by atoms with Crippen molar-refractivity contribution in [3.8, 4) is 0 Å². The number of rotatable bonds is 2. The van der Waals surface area contributed by atoms with Gasteiger partial charge in [0.25, 0.3) is 0 Å². The second kappa shape index (κ2) is 3.60. The van der Waals surface area contributed by atoms with Gasteiger partial charge in [0, 0.05) is 14.6 Å². The molecule has 2 bridgehead atoms. The molecule has 92 valence electrons. The van der Waals surface area contributed by atoms with Gasteiger partial charge in [-0.1, -0.05) is 15.9 Å². The quantitative estimate of drug-likeness (QED) is 0.667. The number of aryl methyl sites for hydroxylation is 2. The van der Waals surface area contributed by atoms with Gasteiger partial charge >= 0.3 is 0 Å². The lowest BCUT2D eigenvalue weighted by Gasteiger charge is -2.14. The molecule has 2 heteroatoms. The summed E-state index contributed by atoms with van der Waals surface area (Å²) in [4.78, 5) is 3.64. The molecule has 1 aromatic heterocycles. The van der Waals surface area contributed by atoms with Crippen LogP contribution >= 0.6 is 27.3 Å². The Morgan fingerprint density at radius 1 is 1.24 bits per heavy atom. The largest absolute Gasteiger partial charge is 0.146 e. The third kappa shape index (κ3) is 1.46. The van der Waals surface area contributed by atoms with Gasteiger partial charge in [-0.3, -0.25) is 0 Å². The van der Waals surface area contributed by atoms with Gasteiger partial charge in [0.05, 0.1) is 0 Å². The van der Waals surface area contributed by atoms with Crippen LogP contribution in [-0.2, 0) is 0 Å². The van der Waals surface area contributed by atoms with Crippen molar-refractivity contribution in [2.75, 3.05) is 0 Å². The highest BCUT2D eigenvalue weighted by Gasteiger charge is 2.66. The van der Waals surface area contributed by atoms with Crippen LogP contribution in [0.25, 0.3) is 0 Å². The minimum absolute atomic E-state index is 0.644. The van der Waals surface area contributed by atoms with Crippen molar-refractivity contribution in [3.63, 3.8) is 0 Å². The molecule has 0 saturated heterocycles. The summed E-state index contributed by atoms with van der Waals surface area (Å²) in [6, 6.07) is 2.41. The maximum absolute atomic E-state index is 4.02. The van der Waals surface area contributed by atoms with Crippen LogP contribution in [0.3, 0.4) is 0 Å². The van der Waals surface area contributed by atoms with Crippen molar-refractivity contribution in [2.45, 2.75) is 37.9 Å². The standard InChI is InChI=1S/C15H19BrS/c1-7-5-11(8(2)17-7)15(16)14-12-9-3-4-10(6-9)13(12)14/h5,9-10,12-15H,3-4,6H2,1-2H3. The van der Waals surface area contributed by atoms with Crippen LogP contribution in [0.2, 0.25) is 0 Å². The molecule has 3 aliphatic carbocycles. The second-order valence-electron chi connectivity index (χ2n) is 6.34. The van der Waals surface area contributed by atoms with Crippen LogP contribution in [0.1, 0.15) is 39.4 Å². The summed E-state index contributed by atoms with van der Waals surface area (Å²) in [5, 5.41) is 0. The van der Waals surface area contributed by atoms with E-state index in [1.165, 1.54) is 22.6 Å². The molecule has 0 aliphatic heterocycles. The number of alkyl halides is 1. The number of halogens is 1. The first-order valence-electron chi connectivity index (χ1n) is 6.88. The summed E-state index contributed by atoms with van der Waals surface area (Å²) < 4.78 is 0. The topological polar surface area (TPSA) is 0 Å². The highest BCUT2D eigenvalue weighted by atomic mass is 79.9. The van der Waals surface area contributed by atoms with Crippen molar-refractivity contribution in [1.29, 1.82) is 0 Å². The molecule has 0 nitrogen and oxygen atoms in total. The van der Waals surface area contributed by atoms with Crippen LogP contribution in [0.15, 0.2) is 6.07 Å². The average Bonchev–Trinajstić information content (AvgIpc) is 2.59. The van der Waals surface area contributed by atoms with Gasteiger partial charge in [0.2, 0.25) is 0 Å². The lowest BCUT2D eigenvalue weighted by molar-refractivity contribution is 0.456. The third-order valence-corrected chi connectivity index (χ3v) is 7.59. The van der Waals surface area contributed by atoms with E-state index in [9.17, 15) is 0 Å². The molecule has 0 N–H and O–H groups in total.